The van der Waals surface area contributed by atoms with E-state index < -0.39 is 17.5 Å². The zero-order valence-corrected chi connectivity index (χ0v) is 12.2. The molecule has 0 radical (unpaired) electrons. The highest BCUT2D eigenvalue weighted by molar-refractivity contribution is 9.10. The van der Waals surface area contributed by atoms with E-state index in [2.05, 4.69) is 20.9 Å². The Bertz CT molecular complexity index is 885. The highest BCUT2D eigenvalue weighted by Crippen LogP contribution is 2.26. The fraction of sp³-hybridized carbons (Fsp3) is 0. The predicted molar refractivity (Wildman–Crippen MR) is 76.0 cm³/mol. The summed E-state index contributed by atoms with van der Waals surface area (Å²) < 4.78 is 42.5. The summed E-state index contributed by atoms with van der Waals surface area (Å²) in [6, 6.07) is 5.72. The number of halogens is 4. The molecule has 0 bridgehead atoms. The van der Waals surface area contributed by atoms with Crippen LogP contribution in [0.25, 0.3) is 16.7 Å². The van der Waals surface area contributed by atoms with Crippen molar-refractivity contribution in [2.24, 2.45) is 0 Å². The Labute approximate surface area is 125 Å². The van der Waals surface area contributed by atoms with Crippen molar-refractivity contribution in [3.05, 3.63) is 57.0 Å². The van der Waals surface area contributed by atoms with Crippen LogP contribution in [0.5, 0.6) is 0 Å². The molecule has 0 saturated carbocycles. The van der Waals surface area contributed by atoms with Gasteiger partial charge in [-0.1, -0.05) is 0 Å². The van der Waals surface area contributed by atoms with Crippen molar-refractivity contribution in [2.45, 2.75) is 0 Å². The van der Waals surface area contributed by atoms with Gasteiger partial charge < -0.3 is 4.98 Å². The number of H-pyrrole nitrogens is 1. The molecule has 0 fully saturated rings. The van der Waals surface area contributed by atoms with Crippen molar-refractivity contribution in [1.29, 1.82) is 0 Å². The Kier molecular flexibility index (Phi) is 3.18. The van der Waals surface area contributed by atoms with Crippen molar-refractivity contribution in [3.63, 3.8) is 0 Å². The van der Waals surface area contributed by atoms with Crippen LogP contribution in [0.2, 0.25) is 0 Å². The van der Waals surface area contributed by atoms with Gasteiger partial charge in [-0.3, -0.25) is 4.57 Å². The van der Waals surface area contributed by atoms with E-state index in [0.717, 1.165) is 18.2 Å². The van der Waals surface area contributed by atoms with Crippen molar-refractivity contribution in [2.75, 3.05) is 0 Å². The summed E-state index contributed by atoms with van der Waals surface area (Å²) in [5.41, 5.74) is 0.787. The topological polar surface area (TPSA) is 20.7 Å². The third-order valence-corrected chi connectivity index (χ3v) is 3.77. The number of imidazole rings is 1. The lowest BCUT2D eigenvalue weighted by Gasteiger charge is -2.06. The van der Waals surface area contributed by atoms with Gasteiger partial charge in [0, 0.05) is 12.1 Å². The van der Waals surface area contributed by atoms with Crippen LogP contribution in [-0.4, -0.2) is 9.55 Å². The number of hydrogen-bond donors (Lipinski definition) is 1. The molecule has 1 N–H and O–H groups in total. The van der Waals surface area contributed by atoms with E-state index in [0.29, 0.717) is 11.0 Å². The van der Waals surface area contributed by atoms with Crippen LogP contribution in [0, 0.1) is 22.2 Å². The van der Waals surface area contributed by atoms with Gasteiger partial charge in [-0.05, 0) is 46.3 Å². The zero-order valence-electron chi connectivity index (χ0n) is 9.75. The highest BCUT2D eigenvalue weighted by Gasteiger charge is 2.14. The monoisotopic (exact) mass is 358 g/mol. The fourth-order valence-electron chi connectivity index (χ4n) is 2.00. The Morgan fingerprint density at radius 3 is 2.55 bits per heavy atom. The molecule has 1 aromatic heterocycles. The number of nitrogens with one attached hydrogen (secondary N) is 1. The quantitative estimate of drug-likeness (QED) is 0.615. The fourth-order valence-corrected chi connectivity index (χ4v) is 2.65. The molecule has 7 heteroatoms. The number of benzene rings is 2. The van der Waals surface area contributed by atoms with Gasteiger partial charge in [-0.2, -0.15) is 0 Å². The largest absolute Gasteiger partial charge is 0.330 e. The summed E-state index contributed by atoms with van der Waals surface area (Å²) in [5, 5.41) is 0. The van der Waals surface area contributed by atoms with Crippen LogP contribution in [0.1, 0.15) is 0 Å². The lowest BCUT2D eigenvalue weighted by atomic mass is 10.2. The Hall–Kier alpha value is -1.60. The minimum atomic E-state index is -0.647. The molecule has 2 aromatic carbocycles. The maximum Gasteiger partial charge on any atom is 0.182 e. The molecule has 20 heavy (non-hydrogen) atoms. The molecule has 0 saturated heterocycles. The van der Waals surface area contributed by atoms with Gasteiger partial charge in [0.2, 0.25) is 0 Å². The first-order valence-electron chi connectivity index (χ1n) is 5.52. The lowest BCUT2D eigenvalue weighted by Crippen LogP contribution is -1.99. The van der Waals surface area contributed by atoms with E-state index in [1.165, 1.54) is 16.7 Å². The number of nitrogens with zero attached hydrogens (tertiary/aromatic N) is 1. The number of fused-ring (bicyclic) bond motifs is 1. The van der Waals surface area contributed by atoms with E-state index in [4.69, 9.17) is 12.2 Å². The highest BCUT2D eigenvalue weighted by atomic mass is 79.9. The van der Waals surface area contributed by atoms with E-state index in [9.17, 15) is 13.2 Å². The van der Waals surface area contributed by atoms with Gasteiger partial charge in [0.1, 0.15) is 17.5 Å². The molecule has 0 atom stereocenters. The van der Waals surface area contributed by atoms with Gasteiger partial charge in [-0.25, -0.2) is 13.2 Å². The molecule has 0 spiro atoms. The molecule has 2 nitrogen and oxygen atoms in total. The third-order valence-electron chi connectivity index (χ3n) is 2.87. The molecular formula is C13H6BrF3N2S. The zero-order chi connectivity index (χ0) is 14.4. The number of aromatic nitrogens is 2. The average Bonchev–Trinajstić information content (AvgIpc) is 2.69. The van der Waals surface area contributed by atoms with Crippen molar-refractivity contribution < 1.29 is 13.2 Å². The smallest absolute Gasteiger partial charge is 0.182 e. The van der Waals surface area contributed by atoms with E-state index in [-0.39, 0.29) is 14.9 Å². The molecular weight excluding hydrogens is 353 g/mol. The summed E-state index contributed by atoms with van der Waals surface area (Å²) in [4.78, 5) is 2.83. The molecule has 0 aliphatic heterocycles. The lowest BCUT2D eigenvalue weighted by molar-refractivity contribution is 0.593. The van der Waals surface area contributed by atoms with Gasteiger partial charge in [0.25, 0.3) is 0 Å². The van der Waals surface area contributed by atoms with Crippen LogP contribution < -0.4 is 0 Å². The first-order chi connectivity index (χ1) is 9.47. The molecule has 3 rings (SSSR count). The minimum absolute atomic E-state index is 0.0667. The SMILES string of the molecule is Fc1ccc(F)c(-n2c(=S)[nH]c3cc(Br)c(F)cc32)c1. The van der Waals surface area contributed by atoms with Gasteiger partial charge in [-0.15, -0.1) is 0 Å². The molecule has 0 unspecified atom stereocenters. The van der Waals surface area contributed by atoms with Gasteiger partial charge in [0.05, 0.1) is 21.2 Å². The van der Waals surface area contributed by atoms with Crippen molar-refractivity contribution in [3.8, 4) is 5.69 Å². The van der Waals surface area contributed by atoms with Gasteiger partial charge >= 0.3 is 0 Å². The maximum atomic E-state index is 13.9. The summed E-state index contributed by atoms with van der Waals surface area (Å²) in [5.74, 6) is -1.76. The van der Waals surface area contributed by atoms with Crippen molar-refractivity contribution >= 4 is 39.2 Å². The van der Waals surface area contributed by atoms with E-state index in [1.807, 2.05) is 0 Å². The normalized spacial score (nSPS) is 11.2. The second kappa shape index (κ2) is 4.75. The Balaban J connectivity index is 2.42. The number of rotatable bonds is 1. The van der Waals surface area contributed by atoms with Crippen molar-refractivity contribution in [1.82, 2.24) is 9.55 Å². The molecule has 1 heterocycles. The van der Waals surface area contributed by atoms with E-state index in [1.54, 1.807) is 0 Å². The standard InChI is InChI=1S/C13H6BrF3N2S/c14-7-4-10-12(5-9(7)17)19(13(20)18-10)11-3-6(15)1-2-8(11)16/h1-5H,(H,18,20). The molecule has 0 aliphatic carbocycles. The number of hydrogen-bond acceptors (Lipinski definition) is 1. The van der Waals surface area contributed by atoms with Gasteiger partial charge in [0.15, 0.2) is 4.77 Å². The molecule has 102 valence electrons. The summed E-state index contributed by atoms with van der Waals surface area (Å²) in [7, 11) is 0. The third kappa shape index (κ3) is 2.06. The molecule has 3 aromatic rings. The van der Waals surface area contributed by atoms with Crippen LogP contribution in [0.15, 0.2) is 34.8 Å². The first-order valence-corrected chi connectivity index (χ1v) is 6.72. The summed E-state index contributed by atoms with van der Waals surface area (Å²) >= 11 is 8.17. The summed E-state index contributed by atoms with van der Waals surface area (Å²) in [6.07, 6.45) is 0. The Morgan fingerprint density at radius 1 is 1.05 bits per heavy atom. The average molecular weight is 359 g/mol. The number of aromatic amines is 1. The summed E-state index contributed by atoms with van der Waals surface area (Å²) in [6.45, 7) is 0. The van der Waals surface area contributed by atoms with E-state index >= 15 is 0 Å². The van der Waals surface area contributed by atoms with Crippen LogP contribution in [0.3, 0.4) is 0 Å². The van der Waals surface area contributed by atoms with Crippen LogP contribution in [0.4, 0.5) is 13.2 Å². The molecule has 0 amide bonds. The van der Waals surface area contributed by atoms with Crippen LogP contribution in [-0.2, 0) is 0 Å². The molecule has 0 aliphatic rings. The predicted octanol–water partition coefficient (Wildman–Crippen LogP) is 4.87. The van der Waals surface area contributed by atoms with Crippen LogP contribution >= 0.6 is 28.1 Å². The minimum Gasteiger partial charge on any atom is -0.330 e. The first kappa shape index (κ1) is 13.4. The second-order valence-corrected chi connectivity index (χ2v) is 5.39. The Morgan fingerprint density at radius 2 is 1.80 bits per heavy atom. The second-order valence-electron chi connectivity index (χ2n) is 4.14. The maximum absolute atomic E-state index is 13.9.